The summed E-state index contributed by atoms with van der Waals surface area (Å²) in [4.78, 5) is 12.5. The maximum atomic E-state index is 12.5. The zero-order valence-electron chi connectivity index (χ0n) is 13.7. The van der Waals surface area contributed by atoms with E-state index in [1.54, 1.807) is 0 Å². The van der Waals surface area contributed by atoms with Crippen LogP contribution in [0.1, 0.15) is 5.56 Å². The molecule has 0 amide bonds. The SMILES string of the molecule is Cc1ccc(-c2oc(=O)c3ccccc3c2[Se]c2ccccc2)cc1. The van der Waals surface area contributed by atoms with Crippen molar-refractivity contribution in [2.75, 3.05) is 0 Å². The second-order valence-electron chi connectivity index (χ2n) is 5.87. The molecule has 0 spiro atoms. The van der Waals surface area contributed by atoms with Crippen molar-refractivity contribution < 1.29 is 4.42 Å². The Hall–Kier alpha value is -2.61. The van der Waals surface area contributed by atoms with Gasteiger partial charge in [-0.1, -0.05) is 0 Å². The van der Waals surface area contributed by atoms with E-state index in [2.05, 4.69) is 19.1 Å². The van der Waals surface area contributed by atoms with Crippen LogP contribution in [0.4, 0.5) is 0 Å². The average Bonchev–Trinajstić information content (AvgIpc) is 2.66. The van der Waals surface area contributed by atoms with Crippen molar-refractivity contribution in [2.24, 2.45) is 0 Å². The van der Waals surface area contributed by atoms with Crippen molar-refractivity contribution in [3.05, 3.63) is 94.8 Å². The fourth-order valence-electron chi connectivity index (χ4n) is 2.78. The van der Waals surface area contributed by atoms with E-state index in [0.29, 0.717) is 11.1 Å². The van der Waals surface area contributed by atoms with Gasteiger partial charge in [-0.05, 0) is 0 Å². The van der Waals surface area contributed by atoms with Crippen molar-refractivity contribution in [3.8, 4) is 11.3 Å². The minimum atomic E-state index is -0.279. The molecule has 25 heavy (non-hydrogen) atoms. The van der Waals surface area contributed by atoms with Gasteiger partial charge in [-0.25, -0.2) is 0 Å². The molecule has 0 saturated heterocycles. The summed E-state index contributed by atoms with van der Waals surface area (Å²) < 4.78 is 8.14. The van der Waals surface area contributed by atoms with Crippen LogP contribution in [0.3, 0.4) is 0 Å². The number of aryl methyl sites for hydroxylation is 1. The molecule has 0 saturated carbocycles. The van der Waals surface area contributed by atoms with E-state index >= 15 is 0 Å². The Balaban J connectivity index is 1.99. The average molecular weight is 391 g/mol. The Morgan fingerprint density at radius 2 is 1.40 bits per heavy atom. The van der Waals surface area contributed by atoms with Gasteiger partial charge in [0.25, 0.3) is 0 Å². The maximum absolute atomic E-state index is 12.5. The van der Waals surface area contributed by atoms with E-state index in [9.17, 15) is 4.79 Å². The molecule has 0 atom stereocenters. The third-order valence-electron chi connectivity index (χ3n) is 4.07. The number of hydrogen-bond acceptors (Lipinski definition) is 2. The van der Waals surface area contributed by atoms with Crippen molar-refractivity contribution in [1.82, 2.24) is 0 Å². The molecule has 3 heteroatoms. The third kappa shape index (κ3) is 3.17. The Morgan fingerprint density at radius 3 is 2.12 bits per heavy atom. The normalized spacial score (nSPS) is 10.9. The summed E-state index contributed by atoms with van der Waals surface area (Å²) in [7, 11) is 0. The molecule has 0 radical (unpaired) electrons. The van der Waals surface area contributed by atoms with Gasteiger partial charge in [0.15, 0.2) is 0 Å². The van der Waals surface area contributed by atoms with Crippen LogP contribution in [0.25, 0.3) is 22.1 Å². The molecule has 4 rings (SSSR count). The monoisotopic (exact) mass is 392 g/mol. The molecule has 0 unspecified atom stereocenters. The number of fused-ring (bicyclic) bond motifs is 1. The molecule has 0 aliphatic rings. The molecule has 0 N–H and O–H groups in total. The van der Waals surface area contributed by atoms with Crippen molar-refractivity contribution in [3.63, 3.8) is 0 Å². The van der Waals surface area contributed by atoms with Gasteiger partial charge in [0.1, 0.15) is 0 Å². The molecular formula is C22H16O2Se. The summed E-state index contributed by atoms with van der Waals surface area (Å²) in [6, 6.07) is 26.2. The van der Waals surface area contributed by atoms with Gasteiger partial charge in [0.2, 0.25) is 0 Å². The van der Waals surface area contributed by atoms with Crippen molar-refractivity contribution in [1.29, 1.82) is 0 Å². The van der Waals surface area contributed by atoms with Crippen molar-refractivity contribution >= 4 is 34.7 Å². The van der Waals surface area contributed by atoms with Gasteiger partial charge >= 0.3 is 152 Å². The predicted octanol–water partition coefficient (Wildman–Crippen LogP) is 3.42. The van der Waals surface area contributed by atoms with Crippen molar-refractivity contribution in [2.45, 2.75) is 6.92 Å². The van der Waals surface area contributed by atoms with Crippen LogP contribution in [0, 0.1) is 6.92 Å². The van der Waals surface area contributed by atoms with Crippen LogP contribution in [0.2, 0.25) is 0 Å². The first-order valence-corrected chi connectivity index (χ1v) is 9.79. The second kappa shape index (κ2) is 6.72. The van der Waals surface area contributed by atoms with Crippen LogP contribution in [0.5, 0.6) is 0 Å². The van der Waals surface area contributed by atoms with Gasteiger partial charge in [-0.3, -0.25) is 0 Å². The first-order valence-electron chi connectivity index (χ1n) is 8.08. The van der Waals surface area contributed by atoms with Crippen LogP contribution in [-0.4, -0.2) is 15.0 Å². The van der Waals surface area contributed by atoms with Gasteiger partial charge in [0.05, 0.1) is 0 Å². The summed E-state index contributed by atoms with van der Waals surface area (Å²) in [5.41, 5.74) is 1.85. The molecule has 0 fully saturated rings. The molecule has 4 aromatic rings. The van der Waals surface area contributed by atoms with Gasteiger partial charge in [-0.2, -0.15) is 0 Å². The molecule has 1 heterocycles. The third-order valence-corrected chi connectivity index (χ3v) is 6.41. The first-order chi connectivity index (χ1) is 12.2. The standard InChI is InChI=1S/C22H16O2Se/c1-15-11-13-16(14-12-15)20-21(25-17-7-3-2-4-8-17)18-9-5-6-10-19(18)22(23)24-20/h2-14H,1H3. The number of benzene rings is 3. The summed E-state index contributed by atoms with van der Waals surface area (Å²) in [5, 5.41) is 1.63. The van der Waals surface area contributed by atoms with E-state index in [-0.39, 0.29) is 20.6 Å². The van der Waals surface area contributed by atoms with E-state index in [0.717, 1.165) is 15.4 Å². The van der Waals surface area contributed by atoms with Crippen LogP contribution in [-0.2, 0) is 0 Å². The van der Waals surface area contributed by atoms with Gasteiger partial charge < -0.3 is 0 Å². The van der Waals surface area contributed by atoms with E-state index in [4.69, 9.17) is 4.42 Å². The van der Waals surface area contributed by atoms with Crippen LogP contribution >= 0.6 is 0 Å². The van der Waals surface area contributed by atoms with Crippen LogP contribution < -0.4 is 14.5 Å². The molecular weight excluding hydrogens is 375 g/mol. The number of hydrogen-bond donors (Lipinski definition) is 0. The summed E-state index contributed by atoms with van der Waals surface area (Å²) in [5.74, 6) is 0.688. The minimum absolute atomic E-state index is 0.0400. The Labute approximate surface area is 152 Å². The van der Waals surface area contributed by atoms with E-state index < -0.39 is 0 Å². The van der Waals surface area contributed by atoms with Gasteiger partial charge in [-0.15, -0.1) is 0 Å². The van der Waals surface area contributed by atoms with Crippen LogP contribution in [0.15, 0.2) is 88.1 Å². The molecule has 2 nitrogen and oxygen atoms in total. The second-order valence-corrected chi connectivity index (χ2v) is 8.15. The molecule has 0 bridgehead atoms. The fraction of sp³-hybridized carbons (Fsp3) is 0.0455. The Bertz CT molecular complexity index is 1080. The Morgan fingerprint density at radius 1 is 0.760 bits per heavy atom. The predicted molar refractivity (Wildman–Crippen MR) is 104 cm³/mol. The number of rotatable bonds is 3. The summed E-state index contributed by atoms with van der Waals surface area (Å²) in [6.07, 6.45) is 0. The first kappa shape index (κ1) is 15.9. The fourth-order valence-corrected chi connectivity index (χ4v) is 5.02. The van der Waals surface area contributed by atoms with Gasteiger partial charge in [0, 0.05) is 0 Å². The molecule has 0 aliphatic carbocycles. The Kier molecular flexibility index (Phi) is 4.27. The quantitative estimate of drug-likeness (QED) is 0.501. The summed E-state index contributed by atoms with van der Waals surface area (Å²) in [6.45, 7) is 2.05. The van der Waals surface area contributed by atoms with E-state index in [1.807, 2.05) is 66.7 Å². The molecule has 122 valence electrons. The molecule has 1 aromatic heterocycles. The molecule has 0 aliphatic heterocycles. The zero-order valence-corrected chi connectivity index (χ0v) is 15.4. The topological polar surface area (TPSA) is 30.2 Å². The molecule has 3 aromatic carbocycles. The van der Waals surface area contributed by atoms with E-state index in [1.165, 1.54) is 10.0 Å². The summed E-state index contributed by atoms with van der Waals surface area (Å²) >= 11 is 0.0400. The zero-order chi connectivity index (χ0) is 17.2.